The quantitative estimate of drug-likeness (QED) is 0.652. The van der Waals surface area contributed by atoms with E-state index in [9.17, 15) is 4.79 Å². The van der Waals surface area contributed by atoms with E-state index >= 15 is 0 Å². The molecule has 1 N–H and O–H groups in total. The zero-order chi connectivity index (χ0) is 8.27. The van der Waals surface area contributed by atoms with Crippen molar-refractivity contribution >= 4 is 5.78 Å². The summed E-state index contributed by atoms with van der Waals surface area (Å²) in [5.74, 6) is 1.17. The van der Waals surface area contributed by atoms with Crippen LogP contribution in [0.25, 0.3) is 0 Å². The first-order valence-electron chi connectivity index (χ1n) is 4.43. The van der Waals surface area contributed by atoms with Gasteiger partial charge < -0.3 is 5.32 Å². The van der Waals surface area contributed by atoms with Crippen LogP contribution in [0.1, 0.15) is 32.6 Å². The molecule has 64 valence electrons. The number of nitrogens with one attached hydrogen (secondary N) is 1. The molecule has 1 aliphatic rings. The highest BCUT2D eigenvalue weighted by Gasteiger charge is 2.22. The second kappa shape index (κ2) is 3.86. The zero-order valence-corrected chi connectivity index (χ0v) is 7.39. The Balaban J connectivity index is 2.32. The van der Waals surface area contributed by atoms with Crippen molar-refractivity contribution in [3.8, 4) is 0 Å². The minimum Gasteiger partial charge on any atom is -0.317 e. The van der Waals surface area contributed by atoms with E-state index in [1.54, 1.807) is 0 Å². The van der Waals surface area contributed by atoms with Gasteiger partial charge >= 0.3 is 0 Å². The molecule has 0 aliphatic heterocycles. The molecule has 0 spiro atoms. The molecule has 11 heavy (non-hydrogen) atoms. The van der Waals surface area contributed by atoms with Gasteiger partial charge in [-0.25, -0.2) is 0 Å². The summed E-state index contributed by atoms with van der Waals surface area (Å²) in [6.45, 7) is 2.19. The highest BCUT2D eigenvalue weighted by molar-refractivity contribution is 5.79. The van der Waals surface area contributed by atoms with E-state index in [0.29, 0.717) is 11.8 Å². The number of rotatable bonds is 2. The molecule has 1 atom stereocenters. The summed E-state index contributed by atoms with van der Waals surface area (Å²) < 4.78 is 0. The van der Waals surface area contributed by atoms with Crippen LogP contribution in [-0.4, -0.2) is 18.9 Å². The van der Waals surface area contributed by atoms with Gasteiger partial charge in [0, 0.05) is 18.9 Å². The fourth-order valence-electron chi connectivity index (χ4n) is 1.70. The monoisotopic (exact) mass is 155 g/mol. The number of ketones is 1. The van der Waals surface area contributed by atoms with Gasteiger partial charge in [0.15, 0.2) is 0 Å². The molecule has 0 aromatic heterocycles. The van der Waals surface area contributed by atoms with Crippen LogP contribution in [0, 0.1) is 5.92 Å². The van der Waals surface area contributed by atoms with E-state index in [-0.39, 0.29) is 0 Å². The maximum absolute atomic E-state index is 10.9. The third-order valence-electron chi connectivity index (χ3n) is 2.75. The standard InChI is InChI=1S/C9H17NO/c1-7(10-2)8-3-5-9(11)6-4-8/h7-8,10H,3-6H2,1-2H3. The molecule has 0 aromatic rings. The van der Waals surface area contributed by atoms with Crippen molar-refractivity contribution in [2.75, 3.05) is 7.05 Å². The summed E-state index contributed by atoms with van der Waals surface area (Å²) in [6, 6.07) is 0.572. The van der Waals surface area contributed by atoms with Crippen molar-refractivity contribution in [3.05, 3.63) is 0 Å². The Labute approximate surface area is 68.4 Å². The van der Waals surface area contributed by atoms with E-state index in [0.717, 1.165) is 31.6 Å². The molecule has 1 unspecified atom stereocenters. The summed E-state index contributed by atoms with van der Waals surface area (Å²) >= 11 is 0. The van der Waals surface area contributed by atoms with Crippen molar-refractivity contribution in [3.63, 3.8) is 0 Å². The normalized spacial score (nSPS) is 23.6. The van der Waals surface area contributed by atoms with Gasteiger partial charge in [-0.05, 0) is 32.7 Å². The van der Waals surface area contributed by atoms with Crippen LogP contribution in [0.5, 0.6) is 0 Å². The van der Waals surface area contributed by atoms with E-state index < -0.39 is 0 Å². The van der Waals surface area contributed by atoms with Crippen LogP contribution >= 0.6 is 0 Å². The maximum atomic E-state index is 10.9. The first-order valence-corrected chi connectivity index (χ1v) is 4.43. The van der Waals surface area contributed by atoms with Gasteiger partial charge in [0.05, 0.1) is 0 Å². The van der Waals surface area contributed by atoms with Gasteiger partial charge in [-0.1, -0.05) is 0 Å². The molecule has 1 aliphatic carbocycles. The summed E-state index contributed by atoms with van der Waals surface area (Å²) in [7, 11) is 1.99. The minimum absolute atomic E-state index is 0.449. The number of Topliss-reactive ketones (excluding diaryl/α,β-unsaturated/α-hetero) is 1. The van der Waals surface area contributed by atoms with Crippen molar-refractivity contribution < 1.29 is 4.79 Å². The fourth-order valence-corrected chi connectivity index (χ4v) is 1.70. The number of hydrogen-bond donors (Lipinski definition) is 1. The SMILES string of the molecule is CNC(C)C1CCC(=O)CC1. The third-order valence-corrected chi connectivity index (χ3v) is 2.75. The van der Waals surface area contributed by atoms with Crippen LogP contribution in [0.4, 0.5) is 0 Å². The Kier molecular flexibility index (Phi) is 3.06. The predicted molar refractivity (Wildman–Crippen MR) is 45.5 cm³/mol. The largest absolute Gasteiger partial charge is 0.317 e. The Morgan fingerprint density at radius 2 is 2.00 bits per heavy atom. The van der Waals surface area contributed by atoms with Crippen LogP contribution in [-0.2, 0) is 4.79 Å². The molecule has 0 amide bonds. The summed E-state index contributed by atoms with van der Waals surface area (Å²) in [5, 5.41) is 3.24. The lowest BCUT2D eigenvalue weighted by molar-refractivity contribution is -0.121. The molecule has 0 saturated heterocycles. The van der Waals surface area contributed by atoms with Crippen LogP contribution in [0.3, 0.4) is 0 Å². The predicted octanol–water partition coefficient (Wildman–Crippen LogP) is 1.35. The molecule has 1 rings (SSSR count). The highest BCUT2D eigenvalue weighted by Crippen LogP contribution is 2.23. The second-order valence-corrected chi connectivity index (χ2v) is 3.45. The Hall–Kier alpha value is -0.370. The van der Waals surface area contributed by atoms with Crippen molar-refractivity contribution in [1.29, 1.82) is 0 Å². The lowest BCUT2D eigenvalue weighted by atomic mass is 9.84. The molecular formula is C9H17NO. The van der Waals surface area contributed by atoms with Gasteiger partial charge in [-0.3, -0.25) is 4.79 Å². The van der Waals surface area contributed by atoms with Gasteiger partial charge in [-0.15, -0.1) is 0 Å². The van der Waals surface area contributed by atoms with Crippen LogP contribution in [0.2, 0.25) is 0 Å². The zero-order valence-electron chi connectivity index (χ0n) is 7.39. The Bertz CT molecular complexity index is 134. The molecule has 1 saturated carbocycles. The molecule has 0 heterocycles. The van der Waals surface area contributed by atoms with E-state index in [2.05, 4.69) is 12.2 Å². The third kappa shape index (κ3) is 2.29. The molecule has 0 radical (unpaired) electrons. The Morgan fingerprint density at radius 3 is 2.45 bits per heavy atom. The smallest absolute Gasteiger partial charge is 0.132 e. The topological polar surface area (TPSA) is 29.1 Å². The lowest BCUT2D eigenvalue weighted by Crippen LogP contribution is -2.33. The first kappa shape index (κ1) is 8.72. The molecule has 2 heteroatoms. The van der Waals surface area contributed by atoms with Crippen molar-refractivity contribution in [2.24, 2.45) is 5.92 Å². The van der Waals surface area contributed by atoms with E-state index in [1.165, 1.54) is 0 Å². The fraction of sp³-hybridized carbons (Fsp3) is 0.889. The highest BCUT2D eigenvalue weighted by atomic mass is 16.1. The number of carbonyl (C=O) groups is 1. The van der Waals surface area contributed by atoms with Crippen LogP contribution in [0.15, 0.2) is 0 Å². The lowest BCUT2D eigenvalue weighted by Gasteiger charge is -2.26. The van der Waals surface area contributed by atoms with Gasteiger partial charge in [0.25, 0.3) is 0 Å². The van der Waals surface area contributed by atoms with Crippen molar-refractivity contribution in [2.45, 2.75) is 38.6 Å². The van der Waals surface area contributed by atoms with E-state index in [4.69, 9.17) is 0 Å². The average molecular weight is 155 g/mol. The van der Waals surface area contributed by atoms with E-state index in [1.807, 2.05) is 7.05 Å². The average Bonchev–Trinajstić information content (AvgIpc) is 2.05. The van der Waals surface area contributed by atoms with Gasteiger partial charge in [-0.2, -0.15) is 0 Å². The molecular weight excluding hydrogens is 138 g/mol. The second-order valence-electron chi connectivity index (χ2n) is 3.45. The van der Waals surface area contributed by atoms with Gasteiger partial charge in [0.1, 0.15) is 5.78 Å². The summed E-state index contributed by atoms with van der Waals surface area (Å²) in [5.41, 5.74) is 0. The van der Waals surface area contributed by atoms with Gasteiger partial charge in [0.2, 0.25) is 0 Å². The molecule has 1 fully saturated rings. The maximum Gasteiger partial charge on any atom is 0.132 e. The Morgan fingerprint density at radius 1 is 1.45 bits per heavy atom. The summed E-state index contributed by atoms with van der Waals surface area (Å²) in [4.78, 5) is 10.9. The number of hydrogen-bond acceptors (Lipinski definition) is 2. The molecule has 2 nitrogen and oxygen atoms in total. The molecule has 0 aromatic carbocycles. The van der Waals surface area contributed by atoms with Crippen molar-refractivity contribution in [1.82, 2.24) is 5.32 Å². The number of carbonyl (C=O) groups excluding carboxylic acids is 1. The first-order chi connectivity index (χ1) is 5.24. The summed E-state index contributed by atoms with van der Waals surface area (Å²) in [6.07, 6.45) is 3.77. The van der Waals surface area contributed by atoms with Crippen LogP contribution < -0.4 is 5.32 Å². The minimum atomic E-state index is 0.449. The molecule has 0 bridgehead atoms.